The number of hydrogen-bond acceptors (Lipinski definition) is 7. The second kappa shape index (κ2) is 15.5. The average molecular weight is 632 g/mol. The molecule has 3 amide bonds. The van der Waals surface area contributed by atoms with Gasteiger partial charge in [-0.2, -0.15) is 0 Å². The van der Waals surface area contributed by atoms with E-state index >= 15 is 0 Å². The molecule has 0 aromatic heterocycles. The summed E-state index contributed by atoms with van der Waals surface area (Å²) in [6.45, 7) is 0. The van der Waals surface area contributed by atoms with Crippen LogP contribution in [0.4, 0.5) is 11.4 Å². The first kappa shape index (κ1) is 32.0. The van der Waals surface area contributed by atoms with E-state index < -0.39 is 11.8 Å². The van der Waals surface area contributed by atoms with Gasteiger partial charge in [0.25, 0.3) is 11.8 Å². The number of hydrogen-bond donors (Lipinski definition) is 3. The van der Waals surface area contributed by atoms with Crippen molar-refractivity contribution in [3.05, 3.63) is 113 Å². The number of amides is 3. The van der Waals surface area contributed by atoms with E-state index in [-0.39, 0.29) is 17.4 Å². The maximum absolute atomic E-state index is 13.5. The van der Waals surface area contributed by atoms with Crippen LogP contribution in [-0.4, -0.2) is 44.8 Å². The van der Waals surface area contributed by atoms with Crippen molar-refractivity contribution in [3.63, 3.8) is 0 Å². The zero-order chi connectivity index (χ0) is 31.5. The molecule has 226 valence electrons. The van der Waals surface area contributed by atoms with Crippen LogP contribution < -0.4 is 30.2 Å². The summed E-state index contributed by atoms with van der Waals surface area (Å²) in [4.78, 5) is 39.7. The Hall–Kier alpha value is -4.93. The Morgan fingerprint density at radius 1 is 0.795 bits per heavy atom. The Bertz CT molecular complexity index is 1640. The summed E-state index contributed by atoms with van der Waals surface area (Å²) in [5.41, 5.74) is 1.94. The van der Waals surface area contributed by atoms with Crippen molar-refractivity contribution in [1.82, 2.24) is 5.32 Å². The van der Waals surface area contributed by atoms with Gasteiger partial charge in [0.1, 0.15) is 5.70 Å². The van der Waals surface area contributed by atoms with Gasteiger partial charge in [-0.15, -0.1) is 11.8 Å². The first-order valence-corrected chi connectivity index (χ1v) is 14.6. The third-order valence-electron chi connectivity index (χ3n) is 6.16. The van der Waals surface area contributed by atoms with Gasteiger partial charge in [-0.1, -0.05) is 41.9 Å². The van der Waals surface area contributed by atoms with Crippen molar-refractivity contribution >= 4 is 58.5 Å². The lowest BCUT2D eigenvalue weighted by Gasteiger charge is -2.15. The van der Waals surface area contributed by atoms with Gasteiger partial charge < -0.3 is 30.2 Å². The Morgan fingerprint density at radius 2 is 1.43 bits per heavy atom. The van der Waals surface area contributed by atoms with Gasteiger partial charge in [-0.3, -0.25) is 14.4 Å². The zero-order valence-electron chi connectivity index (χ0n) is 24.2. The maximum atomic E-state index is 13.5. The van der Waals surface area contributed by atoms with Crippen LogP contribution in [-0.2, 0) is 9.59 Å². The van der Waals surface area contributed by atoms with Gasteiger partial charge in [0.15, 0.2) is 11.5 Å². The summed E-state index contributed by atoms with van der Waals surface area (Å²) in [5.74, 6) is 0.136. The predicted molar refractivity (Wildman–Crippen MR) is 174 cm³/mol. The number of ether oxygens (including phenoxy) is 3. The minimum atomic E-state index is -0.553. The van der Waals surface area contributed by atoms with Crippen LogP contribution in [0.3, 0.4) is 0 Å². The topological polar surface area (TPSA) is 115 Å². The number of para-hydroxylation sites is 1. The maximum Gasteiger partial charge on any atom is 0.272 e. The van der Waals surface area contributed by atoms with Crippen LogP contribution in [0.5, 0.6) is 17.2 Å². The number of halogens is 1. The molecule has 0 aliphatic carbocycles. The molecule has 9 nitrogen and oxygen atoms in total. The van der Waals surface area contributed by atoms with Gasteiger partial charge in [0, 0.05) is 16.1 Å². The molecule has 3 N–H and O–H groups in total. The van der Waals surface area contributed by atoms with E-state index in [4.69, 9.17) is 25.8 Å². The number of methoxy groups -OCH3 is 3. The Balaban J connectivity index is 1.50. The molecule has 0 aliphatic rings. The molecule has 0 atom stereocenters. The Morgan fingerprint density at radius 3 is 2.05 bits per heavy atom. The van der Waals surface area contributed by atoms with Gasteiger partial charge in [-0.25, -0.2) is 0 Å². The van der Waals surface area contributed by atoms with E-state index in [1.807, 2.05) is 0 Å². The molecular formula is C33H30ClN3O6S. The number of nitrogens with one attached hydrogen (secondary N) is 3. The van der Waals surface area contributed by atoms with Crippen molar-refractivity contribution in [2.45, 2.75) is 4.90 Å². The summed E-state index contributed by atoms with van der Waals surface area (Å²) >= 11 is 7.45. The second-order valence-electron chi connectivity index (χ2n) is 9.13. The molecule has 0 fully saturated rings. The van der Waals surface area contributed by atoms with Crippen LogP contribution in [0.2, 0.25) is 5.02 Å². The Labute approximate surface area is 264 Å². The predicted octanol–water partition coefficient (Wildman–Crippen LogP) is 6.51. The quantitative estimate of drug-likeness (QED) is 0.121. The number of benzene rings is 4. The van der Waals surface area contributed by atoms with E-state index in [0.717, 1.165) is 4.90 Å². The number of thioether (sulfide) groups is 1. The molecule has 4 rings (SSSR count). The van der Waals surface area contributed by atoms with Gasteiger partial charge in [-0.05, 0) is 72.3 Å². The number of rotatable bonds is 12. The fourth-order valence-corrected chi connectivity index (χ4v) is 4.91. The molecule has 44 heavy (non-hydrogen) atoms. The van der Waals surface area contributed by atoms with E-state index in [0.29, 0.717) is 44.8 Å². The van der Waals surface area contributed by atoms with Gasteiger partial charge in [0.05, 0.1) is 37.8 Å². The van der Waals surface area contributed by atoms with Crippen molar-refractivity contribution in [1.29, 1.82) is 0 Å². The summed E-state index contributed by atoms with van der Waals surface area (Å²) < 4.78 is 16.3. The summed E-state index contributed by atoms with van der Waals surface area (Å²) in [6.07, 6.45) is 1.52. The highest BCUT2D eigenvalue weighted by molar-refractivity contribution is 8.00. The molecule has 4 aromatic rings. The summed E-state index contributed by atoms with van der Waals surface area (Å²) in [6, 6.07) is 25.9. The van der Waals surface area contributed by atoms with Crippen molar-refractivity contribution < 1.29 is 28.6 Å². The van der Waals surface area contributed by atoms with Gasteiger partial charge >= 0.3 is 0 Å². The monoisotopic (exact) mass is 631 g/mol. The van der Waals surface area contributed by atoms with E-state index in [1.165, 1.54) is 39.2 Å². The van der Waals surface area contributed by atoms with Crippen LogP contribution >= 0.6 is 23.4 Å². The highest BCUT2D eigenvalue weighted by Crippen LogP contribution is 2.38. The zero-order valence-corrected chi connectivity index (χ0v) is 25.8. The first-order valence-electron chi connectivity index (χ1n) is 13.3. The van der Waals surface area contributed by atoms with E-state index in [2.05, 4.69) is 16.0 Å². The normalized spacial score (nSPS) is 10.9. The van der Waals surface area contributed by atoms with Crippen LogP contribution in [0.15, 0.2) is 102 Å². The molecule has 0 radical (unpaired) electrons. The molecule has 0 unspecified atom stereocenters. The fourth-order valence-electron chi connectivity index (χ4n) is 4.02. The van der Waals surface area contributed by atoms with Crippen molar-refractivity contribution in [2.24, 2.45) is 0 Å². The number of carbonyl (C=O) groups is 3. The van der Waals surface area contributed by atoms with Gasteiger partial charge in [0.2, 0.25) is 11.7 Å². The number of carbonyl (C=O) groups excluding carboxylic acids is 3. The first-order chi connectivity index (χ1) is 21.3. The van der Waals surface area contributed by atoms with E-state index in [9.17, 15) is 14.4 Å². The second-order valence-corrected chi connectivity index (χ2v) is 10.6. The average Bonchev–Trinajstić information content (AvgIpc) is 3.05. The van der Waals surface area contributed by atoms with Crippen LogP contribution in [0.25, 0.3) is 6.08 Å². The molecule has 0 aliphatic heterocycles. The lowest BCUT2D eigenvalue weighted by molar-refractivity contribution is -0.114. The number of anilines is 2. The van der Waals surface area contributed by atoms with Crippen LogP contribution in [0, 0.1) is 0 Å². The van der Waals surface area contributed by atoms with Crippen LogP contribution in [0.1, 0.15) is 15.9 Å². The molecule has 0 heterocycles. The third kappa shape index (κ3) is 8.56. The lowest BCUT2D eigenvalue weighted by atomic mass is 10.1. The summed E-state index contributed by atoms with van der Waals surface area (Å²) in [7, 11) is 4.47. The molecule has 11 heteroatoms. The van der Waals surface area contributed by atoms with Crippen molar-refractivity contribution in [2.75, 3.05) is 37.7 Å². The largest absolute Gasteiger partial charge is 0.493 e. The van der Waals surface area contributed by atoms with Crippen molar-refractivity contribution in [3.8, 4) is 17.2 Å². The molecule has 0 saturated heterocycles. The smallest absolute Gasteiger partial charge is 0.272 e. The van der Waals surface area contributed by atoms with E-state index in [1.54, 1.807) is 91.0 Å². The Kier molecular flexibility index (Phi) is 11.3. The third-order valence-corrected chi connectivity index (χ3v) is 7.50. The SMILES string of the molecule is COc1cc(/C=C(\NC(=O)c2ccccc2)C(=O)Nc2ccc(SCC(=O)Nc3ccccc3Cl)cc2)cc(OC)c1OC. The standard InChI is InChI=1S/C33H30ClN3O6S/c1-41-28-18-21(19-29(42-2)31(28)43-3)17-27(37-32(39)22-9-5-4-6-10-22)33(40)35-23-13-15-24(16-14-23)44-20-30(38)36-26-12-8-7-11-25(26)34/h4-19H,20H2,1-3H3,(H,35,40)(H,36,38)(H,37,39)/b27-17-. The molecule has 0 saturated carbocycles. The molecule has 0 bridgehead atoms. The minimum absolute atomic E-state index is 0.0113. The molecular weight excluding hydrogens is 602 g/mol. The summed E-state index contributed by atoms with van der Waals surface area (Å²) in [5, 5.41) is 8.78. The fraction of sp³-hybridized carbons (Fsp3) is 0.121. The minimum Gasteiger partial charge on any atom is -0.493 e. The highest BCUT2D eigenvalue weighted by Gasteiger charge is 2.18. The molecule has 4 aromatic carbocycles. The highest BCUT2D eigenvalue weighted by atomic mass is 35.5. The molecule has 0 spiro atoms. The lowest BCUT2D eigenvalue weighted by Crippen LogP contribution is -2.30.